The molecule has 122 valence electrons. The fraction of sp³-hybridized carbons (Fsp3) is 0.438. The molecule has 22 heavy (non-hydrogen) atoms. The minimum absolute atomic E-state index is 0.323. The van der Waals surface area contributed by atoms with Gasteiger partial charge in [0.2, 0.25) is 5.75 Å². The zero-order valence-corrected chi connectivity index (χ0v) is 13.5. The number of carbonyl (C=O) groups excluding carboxylic acids is 1. The number of benzene rings is 1. The molecule has 1 rings (SSSR count). The van der Waals surface area contributed by atoms with E-state index in [1.165, 1.54) is 21.3 Å². The Morgan fingerprint density at radius 1 is 1.23 bits per heavy atom. The highest BCUT2D eigenvalue weighted by Gasteiger charge is 2.20. The van der Waals surface area contributed by atoms with Gasteiger partial charge in [0.1, 0.15) is 6.04 Å². The molecule has 0 saturated heterocycles. The van der Waals surface area contributed by atoms with Crippen molar-refractivity contribution in [2.75, 3.05) is 33.3 Å². The molecule has 0 spiro atoms. The maximum Gasteiger partial charge on any atom is 0.328 e. The van der Waals surface area contributed by atoms with E-state index in [1.807, 2.05) is 0 Å². The lowest BCUT2D eigenvalue weighted by Crippen LogP contribution is -2.30. The number of anilines is 1. The van der Waals surface area contributed by atoms with E-state index in [-0.39, 0.29) is 5.97 Å². The zero-order valence-electron chi connectivity index (χ0n) is 13.5. The SMILES string of the molecule is C=CC[C@H](Nc1cc(OC)c(OC)c(OC)c1)C(=O)OCC. The summed E-state index contributed by atoms with van der Waals surface area (Å²) in [7, 11) is 4.61. The van der Waals surface area contributed by atoms with Crippen LogP contribution in [0.3, 0.4) is 0 Å². The molecular weight excluding hydrogens is 286 g/mol. The van der Waals surface area contributed by atoms with E-state index >= 15 is 0 Å². The number of esters is 1. The van der Waals surface area contributed by atoms with Crippen molar-refractivity contribution in [3.63, 3.8) is 0 Å². The fourth-order valence-corrected chi connectivity index (χ4v) is 1.99. The summed E-state index contributed by atoms with van der Waals surface area (Å²) >= 11 is 0. The number of carbonyl (C=O) groups is 1. The second-order valence-electron chi connectivity index (χ2n) is 4.39. The molecule has 0 unspecified atom stereocenters. The Morgan fingerprint density at radius 2 is 1.82 bits per heavy atom. The molecular formula is C16H23NO5. The van der Waals surface area contributed by atoms with Crippen LogP contribution >= 0.6 is 0 Å². The van der Waals surface area contributed by atoms with Crippen LogP contribution in [-0.2, 0) is 9.53 Å². The lowest BCUT2D eigenvalue weighted by atomic mass is 10.1. The van der Waals surface area contributed by atoms with Crippen LogP contribution in [0.15, 0.2) is 24.8 Å². The van der Waals surface area contributed by atoms with Crippen LogP contribution in [0.1, 0.15) is 13.3 Å². The number of methoxy groups -OCH3 is 3. The molecule has 0 bridgehead atoms. The molecule has 0 saturated carbocycles. The molecule has 0 aromatic heterocycles. The molecule has 1 aromatic rings. The van der Waals surface area contributed by atoms with E-state index < -0.39 is 6.04 Å². The third kappa shape index (κ3) is 4.31. The molecule has 1 atom stereocenters. The predicted molar refractivity (Wildman–Crippen MR) is 85.0 cm³/mol. The number of rotatable bonds is 9. The molecule has 1 N–H and O–H groups in total. The van der Waals surface area contributed by atoms with Gasteiger partial charge >= 0.3 is 5.97 Å². The van der Waals surface area contributed by atoms with Gasteiger partial charge in [0, 0.05) is 17.8 Å². The van der Waals surface area contributed by atoms with E-state index in [0.717, 1.165) is 0 Å². The molecule has 0 amide bonds. The van der Waals surface area contributed by atoms with Crippen LogP contribution < -0.4 is 19.5 Å². The van der Waals surface area contributed by atoms with Crippen LogP contribution in [0.4, 0.5) is 5.69 Å². The van der Waals surface area contributed by atoms with Gasteiger partial charge in [-0.3, -0.25) is 0 Å². The van der Waals surface area contributed by atoms with Gasteiger partial charge in [-0.2, -0.15) is 0 Å². The maximum atomic E-state index is 11.9. The van der Waals surface area contributed by atoms with Crippen molar-refractivity contribution in [3.8, 4) is 17.2 Å². The Hall–Kier alpha value is -2.37. The highest BCUT2D eigenvalue weighted by Crippen LogP contribution is 2.40. The fourth-order valence-electron chi connectivity index (χ4n) is 1.99. The summed E-state index contributed by atoms with van der Waals surface area (Å²) in [4.78, 5) is 11.9. The molecule has 6 heteroatoms. The number of nitrogens with one attached hydrogen (secondary N) is 1. The van der Waals surface area contributed by atoms with Crippen LogP contribution in [0.5, 0.6) is 17.2 Å². The summed E-state index contributed by atoms with van der Waals surface area (Å²) in [6.07, 6.45) is 2.10. The average Bonchev–Trinajstić information content (AvgIpc) is 2.53. The summed E-state index contributed by atoms with van der Waals surface area (Å²) in [5.74, 6) is 1.17. The van der Waals surface area contributed by atoms with E-state index in [0.29, 0.717) is 36.0 Å². The molecule has 0 aliphatic rings. The lowest BCUT2D eigenvalue weighted by Gasteiger charge is -2.19. The largest absolute Gasteiger partial charge is 0.493 e. The first kappa shape index (κ1) is 17.7. The van der Waals surface area contributed by atoms with Crippen molar-refractivity contribution in [3.05, 3.63) is 24.8 Å². The molecule has 0 heterocycles. The van der Waals surface area contributed by atoms with E-state index in [9.17, 15) is 4.79 Å². The third-order valence-electron chi connectivity index (χ3n) is 2.98. The van der Waals surface area contributed by atoms with Gasteiger partial charge in [-0.25, -0.2) is 4.79 Å². The Labute approximate surface area is 131 Å². The van der Waals surface area contributed by atoms with Crippen molar-refractivity contribution < 1.29 is 23.7 Å². The highest BCUT2D eigenvalue weighted by atomic mass is 16.5. The maximum absolute atomic E-state index is 11.9. The Balaban J connectivity index is 3.08. The summed E-state index contributed by atoms with van der Waals surface area (Å²) in [5, 5.41) is 3.10. The summed E-state index contributed by atoms with van der Waals surface area (Å²) in [6.45, 7) is 5.75. The van der Waals surface area contributed by atoms with Crippen molar-refractivity contribution >= 4 is 11.7 Å². The summed E-state index contributed by atoms with van der Waals surface area (Å²) < 4.78 is 20.9. The summed E-state index contributed by atoms with van der Waals surface area (Å²) in [5.41, 5.74) is 0.661. The van der Waals surface area contributed by atoms with Crippen LogP contribution in [0.25, 0.3) is 0 Å². The molecule has 6 nitrogen and oxygen atoms in total. The van der Waals surface area contributed by atoms with Gasteiger partial charge in [0.15, 0.2) is 11.5 Å². The monoisotopic (exact) mass is 309 g/mol. The Kier molecular flexibility index (Phi) is 7.08. The smallest absolute Gasteiger partial charge is 0.328 e. The Morgan fingerprint density at radius 3 is 2.23 bits per heavy atom. The average molecular weight is 309 g/mol. The van der Waals surface area contributed by atoms with Crippen LogP contribution in [0, 0.1) is 0 Å². The second-order valence-corrected chi connectivity index (χ2v) is 4.39. The van der Waals surface area contributed by atoms with Crippen LogP contribution in [0.2, 0.25) is 0 Å². The normalized spacial score (nSPS) is 11.3. The highest BCUT2D eigenvalue weighted by molar-refractivity contribution is 5.80. The van der Waals surface area contributed by atoms with Gasteiger partial charge < -0.3 is 24.3 Å². The lowest BCUT2D eigenvalue weighted by molar-refractivity contribution is -0.143. The van der Waals surface area contributed by atoms with E-state index in [2.05, 4.69) is 11.9 Å². The molecule has 0 fully saturated rings. The minimum Gasteiger partial charge on any atom is -0.493 e. The molecule has 0 radical (unpaired) electrons. The van der Waals surface area contributed by atoms with Gasteiger partial charge in [-0.15, -0.1) is 6.58 Å². The topological polar surface area (TPSA) is 66.0 Å². The molecule has 1 aromatic carbocycles. The molecule has 0 aliphatic heterocycles. The first-order valence-electron chi connectivity index (χ1n) is 6.95. The van der Waals surface area contributed by atoms with Crippen molar-refractivity contribution in [1.82, 2.24) is 0 Å². The number of ether oxygens (including phenoxy) is 4. The van der Waals surface area contributed by atoms with Crippen LogP contribution in [-0.4, -0.2) is 39.9 Å². The van der Waals surface area contributed by atoms with Gasteiger partial charge in [-0.1, -0.05) is 6.08 Å². The summed E-state index contributed by atoms with van der Waals surface area (Å²) in [6, 6.07) is 2.94. The van der Waals surface area contributed by atoms with Crippen molar-refractivity contribution in [1.29, 1.82) is 0 Å². The molecule has 0 aliphatic carbocycles. The Bertz CT molecular complexity index is 490. The van der Waals surface area contributed by atoms with Gasteiger partial charge in [0.25, 0.3) is 0 Å². The first-order valence-corrected chi connectivity index (χ1v) is 6.95. The number of hydrogen-bond donors (Lipinski definition) is 1. The zero-order chi connectivity index (χ0) is 16.5. The second kappa shape index (κ2) is 8.81. The van der Waals surface area contributed by atoms with E-state index in [4.69, 9.17) is 18.9 Å². The quantitative estimate of drug-likeness (QED) is 0.559. The third-order valence-corrected chi connectivity index (χ3v) is 2.98. The minimum atomic E-state index is -0.528. The van der Waals surface area contributed by atoms with Gasteiger partial charge in [-0.05, 0) is 13.3 Å². The standard InChI is InChI=1S/C16H23NO5/c1-6-8-12(16(18)22-7-2)17-11-9-13(19-3)15(21-5)14(10-11)20-4/h6,9-10,12,17H,1,7-8H2,2-5H3/t12-/m0/s1. The van der Waals surface area contributed by atoms with Crippen molar-refractivity contribution in [2.45, 2.75) is 19.4 Å². The van der Waals surface area contributed by atoms with Gasteiger partial charge in [0.05, 0.1) is 27.9 Å². The van der Waals surface area contributed by atoms with Crippen molar-refractivity contribution in [2.24, 2.45) is 0 Å². The predicted octanol–water partition coefficient (Wildman–Crippen LogP) is 2.63. The number of hydrogen-bond acceptors (Lipinski definition) is 6. The van der Waals surface area contributed by atoms with E-state index in [1.54, 1.807) is 25.1 Å². The first-order chi connectivity index (χ1) is 10.6.